The van der Waals surface area contributed by atoms with Crippen LogP contribution in [0.1, 0.15) is 51.7 Å². The fourth-order valence-corrected chi connectivity index (χ4v) is 6.53. The lowest BCUT2D eigenvalue weighted by molar-refractivity contribution is -0.138. The van der Waals surface area contributed by atoms with Crippen molar-refractivity contribution in [1.82, 2.24) is 14.8 Å². The Balaban J connectivity index is 0.000000243. The van der Waals surface area contributed by atoms with E-state index in [0.29, 0.717) is 11.6 Å². The standard InChI is InChI=1S/C20H25N3O.C10H20O5Si/c1-4-23(5-2)20(24)14-9-16-15-7-6-8-17-19(15)13(11-21-17)10-18(16)22(3)12-14;1-6-7-8-9(2)10(11)15-16(12-3,13-4)14-5/h6-9,11,14,18,21H,4-5,10,12H2,1-3H3;8H,6-7H2,1-5H3/t14-,18-;/m1./s1. The number of benzene rings is 1. The zero-order chi connectivity index (χ0) is 29.4. The number of nitrogens with zero attached hydrogens (tertiary/aromatic N) is 2. The summed E-state index contributed by atoms with van der Waals surface area (Å²) in [6.07, 6.45) is 9.05. The molecular weight excluding hydrogens is 526 g/mol. The summed E-state index contributed by atoms with van der Waals surface area (Å²) < 4.78 is 20.1. The highest BCUT2D eigenvalue weighted by Crippen LogP contribution is 2.40. The number of carbonyl (C=O) groups excluding carboxylic acids is 2. The van der Waals surface area contributed by atoms with Gasteiger partial charge < -0.3 is 27.6 Å². The molecule has 9 nitrogen and oxygen atoms in total. The van der Waals surface area contributed by atoms with Crippen molar-refractivity contribution in [3.8, 4) is 0 Å². The predicted octanol–water partition coefficient (Wildman–Crippen LogP) is 4.56. The normalized spacial score (nSPS) is 18.9. The molecule has 1 aromatic carbocycles. The van der Waals surface area contributed by atoms with Crippen molar-refractivity contribution in [2.45, 2.75) is 53.0 Å². The van der Waals surface area contributed by atoms with Gasteiger partial charge in [-0.25, -0.2) is 4.79 Å². The molecule has 1 N–H and O–H groups in total. The van der Waals surface area contributed by atoms with Crippen LogP contribution in [0, 0.1) is 5.92 Å². The monoisotopic (exact) mass is 571 g/mol. The Morgan fingerprint density at radius 3 is 2.40 bits per heavy atom. The van der Waals surface area contributed by atoms with Crippen LogP contribution in [0.5, 0.6) is 0 Å². The Bertz CT molecular complexity index is 1220. The van der Waals surface area contributed by atoms with Gasteiger partial charge in [-0.15, -0.1) is 0 Å². The molecule has 2 aromatic rings. The number of fused-ring (bicyclic) bond motifs is 2. The molecule has 2 heterocycles. The average molecular weight is 572 g/mol. The van der Waals surface area contributed by atoms with E-state index in [-0.39, 0.29) is 11.8 Å². The van der Waals surface area contributed by atoms with Crippen LogP contribution in [0.15, 0.2) is 42.1 Å². The van der Waals surface area contributed by atoms with Gasteiger partial charge in [-0.3, -0.25) is 9.69 Å². The number of aromatic amines is 1. The van der Waals surface area contributed by atoms with Crippen LogP contribution < -0.4 is 0 Å². The molecular formula is C30H45N3O6Si. The Morgan fingerprint density at radius 1 is 1.12 bits per heavy atom. The van der Waals surface area contributed by atoms with Gasteiger partial charge in [0, 0.05) is 69.7 Å². The first-order valence-electron chi connectivity index (χ1n) is 14.0. The highest BCUT2D eigenvalue weighted by atomic mass is 28.4. The van der Waals surface area contributed by atoms with Crippen LogP contribution in [-0.2, 0) is 33.7 Å². The minimum atomic E-state index is -3.27. The smallest absolute Gasteiger partial charge is 0.448 e. The fraction of sp³-hybridized carbons (Fsp3) is 0.533. The maximum absolute atomic E-state index is 12.9. The Kier molecular flexibility index (Phi) is 11.3. The summed E-state index contributed by atoms with van der Waals surface area (Å²) in [6.45, 7) is 10.2. The molecule has 2 atom stereocenters. The van der Waals surface area contributed by atoms with Crippen molar-refractivity contribution in [3.63, 3.8) is 0 Å². The maximum atomic E-state index is 12.9. The second-order valence-electron chi connectivity index (χ2n) is 10.1. The summed E-state index contributed by atoms with van der Waals surface area (Å²) >= 11 is 0. The summed E-state index contributed by atoms with van der Waals surface area (Å²) in [5.74, 6) is -0.257. The molecule has 10 heteroatoms. The molecule has 220 valence electrons. The maximum Gasteiger partial charge on any atom is 0.751 e. The number of hydrogen-bond donors (Lipinski definition) is 1. The van der Waals surface area contributed by atoms with Gasteiger partial charge >= 0.3 is 15.0 Å². The molecule has 1 aromatic heterocycles. The average Bonchev–Trinajstić information content (AvgIpc) is 3.40. The van der Waals surface area contributed by atoms with Crippen molar-refractivity contribution in [2.24, 2.45) is 5.92 Å². The van der Waals surface area contributed by atoms with Gasteiger partial charge in [0.25, 0.3) is 0 Å². The van der Waals surface area contributed by atoms with Crippen molar-refractivity contribution in [2.75, 3.05) is 48.0 Å². The third kappa shape index (κ3) is 6.75. The molecule has 0 fully saturated rings. The van der Waals surface area contributed by atoms with Gasteiger partial charge in [-0.1, -0.05) is 37.6 Å². The van der Waals surface area contributed by atoms with E-state index < -0.39 is 15.0 Å². The van der Waals surface area contributed by atoms with E-state index in [1.807, 2.05) is 17.9 Å². The molecule has 0 saturated heterocycles. The van der Waals surface area contributed by atoms with Crippen LogP contribution in [0.2, 0.25) is 0 Å². The van der Waals surface area contributed by atoms with Gasteiger partial charge in [0.1, 0.15) is 0 Å². The molecule has 0 unspecified atom stereocenters. The first kappa shape index (κ1) is 31.8. The Labute approximate surface area is 239 Å². The van der Waals surface area contributed by atoms with E-state index in [1.54, 1.807) is 6.92 Å². The highest BCUT2D eigenvalue weighted by Gasteiger charge is 2.47. The molecule has 2 aliphatic rings. The fourth-order valence-electron chi connectivity index (χ4n) is 5.39. The third-order valence-electron chi connectivity index (χ3n) is 7.69. The third-order valence-corrected chi connectivity index (χ3v) is 9.62. The molecule has 1 aliphatic heterocycles. The second-order valence-corrected chi connectivity index (χ2v) is 12.5. The molecule has 0 saturated carbocycles. The lowest BCUT2D eigenvalue weighted by Crippen LogP contribution is -2.48. The number of allylic oxidation sites excluding steroid dienone is 1. The molecule has 40 heavy (non-hydrogen) atoms. The zero-order valence-electron chi connectivity index (χ0n) is 25.2. The number of carbonyl (C=O) groups is 2. The summed E-state index contributed by atoms with van der Waals surface area (Å²) in [4.78, 5) is 32.2. The van der Waals surface area contributed by atoms with Crippen LogP contribution in [-0.4, -0.2) is 89.8 Å². The topological polar surface area (TPSA) is 93.3 Å². The summed E-state index contributed by atoms with van der Waals surface area (Å²) in [7, 11) is 3.04. The number of nitrogens with one attached hydrogen (secondary N) is 1. The van der Waals surface area contributed by atoms with Crippen LogP contribution in [0.25, 0.3) is 16.5 Å². The number of likely N-dealkylation sites (N-methyl/N-ethyl adjacent to an activating group) is 1. The highest BCUT2D eigenvalue weighted by molar-refractivity contribution is 6.55. The Morgan fingerprint density at radius 2 is 1.80 bits per heavy atom. The number of H-pyrrole nitrogens is 1. The summed E-state index contributed by atoms with van der Waals surface area (Å²) in [5, 5.41) is 1.34. The van der Waals surface area contributed by atoms with Gasteiger partial charge in [-0.2, -0.15) is 0 Å². The van der Waals surface area contributed by atoms with Gasteiger partial charge in [0.2, 0.25) is 5.91 Å². The first-order valence-corrected chi connectivity index (χ1v) is 15.7. The SMILES string of the molecule is CCCC=C(C)C(=O)O[Si](OC)(OC)OC.CCN(CC)C(=O)[C@@H]1C=C2c3cccc4[nH]cc(c34)C[C@H]2N(C)C1. The zero-order valence-corrected chi connectivity index (χ0v) is 26.2. The predicted molar refractivity (Wildman–Crippen MR) is 159 cm³/mol. The number of hydrogen-bond acceptors (Lipinski definition) is 7. The van der Waals surface area contributed by atoms with E-state index in [9.17, 15) is 9.59 Å². The van der Waals surface area contributed by atoms with Crippen LogP contribution >= 0.6 is 0 Å². The molecule has 4 rings (SSSR count). The molecule has 0 spiro atoms. The summed E-state index contributed by atoms with van der Waals surface area (Å²) in [5.41, 5.74) is 5.74. The molecule has 0 bridgehead atoms. The molecule has 1 aliphatic carbocycles. The Hall–Kier alpha value is -2.76. The quantitative estimate of drug-likeness (QED) is 0.330. The van der Waals surface area contributed by atoms with E-state index in [2.05, 4.69) is 61.3 Å². The van der Waals surface area contributed by atoms with Crippen LogP contribution in [0.4, 0.5) is 0 Å². The first-order chi connectivity index (χ1) is 19.2. The van der Waals surface area contributed by atoms with Crippen molar-refractivity contribution in [3.05, 3.63) is 53.2 Å². The number of rotatable bonds is 10. The van der Waals surface area contributed by atoms with E-state index in [1.165, 1.54) is 48.9 Å². The number of amides is 1. The number of aromatic nitrogens is 1. The second kappa shape index (κ2) is 14.2. The molecule has 0 radical (unpaired) electrons. The largest absolute Gasteiger partial charge is 0.751 e. The van der Waals surface area contributed by atoms with Gasteiger partial charge in [0.05, 0.1) is 5.92 Å². The minimum Gasteiger partial charge on any atom is -0.448 e. The van der Waals surface area contributed by atoms with E-state index in [0.717, 1.165) is 38.9 Å². The minimum absolute atomic E-state index is 0.0445. The van der Waals surface area contributed by atoms with E-state index >= 15 is 0 Å². The molecule has 1 amide bonds. The van der Waals surface area contributed by atoms with Gasteiger partial charge in [-0.05, 0) is 63.4 Å². The van der Waals surface area contributed by atoms with E-state index in [4.69, 9.17) is 17.7 Å². The van der Waals surface area contributed by atoms with Crippen molar-refractivity contribution < 1.29 is 27.3 Å². The van der Waals surface area contributed by atoms with Crippen LogP contribution in [0.3, 0.4) is 0 Å². The van der Waals surface area contributed by atoms with Gasteiger partial charge in [0.15, 0.2) is 0 Å². The summed E-state index contributed by atoms with van der Waals surface area (Å²) in [6, 6.07) is 6.82. The van der Waals surface area contributed by atoms with Crippen molar-refractivity contribution in [1.29, 1.82) is 0 Å². The lowest BCUT2D eigenvalue weighted by Gasteiger charge is -2.40. The number of unbranched alkanes of at least 4 members (excludes halogenated alkanes) is 1. The lowest BCUT2D eigenvalue weighted by atomic mass is 9.79. The van der Waals surface area contributed by atoms with Crippen molar-refractivity contribution >= 4 is 37.4 Å².